The molecule has 3 aromatic carbocycles. The number of anilines is 1. The average Bonchev–Trinajstić information content (AvgIpc) is 3.75. The first-order chi connectivity index (χ1) is 18.4. The van der Waals surface area contributed by atoms with Crippen molar-refractivity contribution in [3.8, 4) is 33.8 Å². The van der Waals surface area contributed by atoms with Crippen LogP contribution >= 0.6 is 0 Å². The molecule has 1 N–H and O–H groups in total. The monoisotopic (exact) mass is 524 g/mol. The molecule has 0 bridgehead atoms. The smallest absolute Gasteiger partial charge is 0.235 e. The fraction of sp³-hybridized carbons (Fsp3) is 0.200. The van der Waals surface area contributed by atoms with Crippen molar-refractivity contribution in [2.45, 2.75) is 31.4 Å². The Morgan fingerprint density at radius 3 is 2.47 bits per heavy atom. The van der Waals surface area contributed by atoms with Crippen LogP contribution in [0.4, 0.5) is 5.69 Å². The topological polar surface area (TPSA) is 86.1 Å². The van der Waals surface area contributed by atoms with E-state index in [1.165, 1.54) is 0 Å². The first-order valence-electron chi connectivity index (χ1n) is 12.7. The predicted molar refractivity (Wildman–Crippen MR) is 151 cm³/mol. The zero-order valence-electron chi connectivity index (χ0n) is 21.3. The summed E-state index contributed by atoms with van der Waals surface area (Å²) in [7, 11) is -1.69. The van der Waals surface area contributed by atoms with Gasteiger partial charge in [-0.15, -0.1) is 0 Å². The number of fused-ring (bicyclic) bond motifs is 1. The summed E-state index contributed by atoms with van der Waals surface area (Å²) in [5.41, 5.74) is 6.59. The van der Waals surface area contributed by atoms with Gasteiger partial charge in [0.2, 0.25) is 10.0 Å². The highest BCUT2D eigenvalue weighted by atomic mass is 32.2. The van der Waals surface area contributed by atoms with Crippen LogP contribution in [-0.4, -0.2) is 35.3 Å². The van der Waals surface area contributed by atoms with Gasteiger partial charge >= 0.3 is 0 Å². The lowest BCUT2D eigenvalue weighted by Gasteiger charge is -2.09. The third-order valence-corrected chi connectivity index (χ3v) is 8.81. The van der Waals surface area contributed by atoms with Crippen molar-refractivity contribution < 1.29 is 13.2 Å². The minimum Gasteiger partial charge on any atom is -0.497 e. The Morgan fingerprint density at radius 1 is 0.947 bits per heavy atom. The highest BCUT2D eigenvalue weighted by Gasteiger charge is 2.35. The molecule has 1 saturated carbocycles. The SMILES string of the molecule is CCc1cc(-n2cc(-c3cccc(NS(=O)(=O)C4CC4)c3)c3ccc(-c4ccc(OC)cc4)cc32)ncn1. The van der Waals surface area contributed by atoms with Crippen LogP contribution in [0, 0.1) is 0 Å². The summed E-state index contributed by atoms with van der Waals surface area (Å²) < 4.78 is 35.3. The van der Waals surface area contributed by atoms with Crippen LogP contribution < -0.4 is 9.46 Å². The Bertz CT molecular complexity index is 1740. The van der Waals surface area contributed by atoms with E-state index in [9.17, 15) is 8.42 Å². The van der Waals surface area contributed by atoms with Crippen LogP contribution in [0.5, 0.6) is 5.75 Å². The van der Waals surface area contributed by atoms with Crippen molar-refractivity contribution in [1.29, 1.82) is 0 Å². The molecule has 192 valence electrons. The van der Waals surface area contributed by atoms with Gasteiger partial charge in [-0.3, -0.25) is 4.72 Å². The molecule has 0 saturated heterocycles. The quantitative estimate of drug-likeness (QED) is 0.260. The molecule has 0 spiro atoms. The number of ether oxygens (including phenoxy) is 1. The van der Waals surface area contributed by atoms with Gasteiger partial charge in [0.25, 0.3) is 0 Å². The zero-order chi connectivity index (χ0) is 26.3. The minimum atomic E-state index is -3.35. The van der Waals surface area contributed by atoms with Gasteiger partial charge in [0, 0.05) is 34.6 Å². The Kier molecular flexibility index (Phi) is 6.12. The van der Waals surface area contributed by atoms with E-state index in [1.807, 2.05) is 48.5 Å². The summed E-state index contributed by atoms with van der Waals surface area (Å²) in [6, 6.07) is 24.0. The zero-order valence-corrected chi connectivity index (χ0v) is 22.1. The second kappa shape index (κ2) is 9.61. The van der Waals surface area contributed by atoms with Crippen molar-refractivity contribution in [3.05, 3.63) is 91.0 Å². The molecule has 1 fully saturated rings. The van der Waals surface area contributed by atoms with Crippen LogP contribution in [0.2, 0.25) is 0 Å². The van der Waals surface area contributed by atoms with Crippen LogP contribution in [0.3, 0.4) is 0 Å². The molecule has 0 unspecified atom stereocenters. The largest absolute Gasteiger partial charge is 0.497 e. The first kappa shape index (κ1) is 24.2. The molecule has 0 amide bonds. The summed E-state index contributed by atoms with van der Waals surface area (Å²) in [4.78, 5) is 8.95. The Balaban J connectivity index is 1.49. The van der Waals surface area contributed by atoms with Gasteiger partial charge < -0.3 is 9.30 Å². The molecule has 2 heterocycles. The van der Waals surface area contributed by atoms with E-state index in [0.717, 1.165) is 69.7 Å². The molecule has 38 heavy (non-hydrogen) atoms. The maximum Gasteiger partial charge on any atom is 0.235 e. The molecule has 0 atom stereocenters. The number of sulfonamides is 1. The Morgan fingerprint density at radius 2 is 1.74 bits per heavy atom. The third kappa shape index (κ3) is 4.63. The van der Waals surface area contributed by atoms with E-state index in [-0.39, 0.29) is 5.25 Å². The molecule has 0 radical (unpaired) electrons. The van der Waals surface area contributed by atoms with Gasteiger partial charge in [-0.05, 0) is 66.3 Å². The number of aromatic nitrogens is 3. The minimum absolute atomic E-state index is 0.282. The van der Waals surface area contributed by atoms with E-state index in [1.54, 1.807) is 19.5 Å². The molecule has 5 aromatic rings. The van der Waals surface area contributed by atoms with Gasteiger partial charge in [-0.2, -0.15) is 0 Å². The van der Waals surface area contributed by atoms with E-state index in [4.69, 9.17) is 4.74 Å². The van der Waals surface area contributed by atoms with Crippen LogP contribution in [0.15, 0.2) is 85.3 Å². The maximum atomic E-state index is 12.5. The summed E-state index contributed by atoms with van der Waals surface area (Å²) >= 11 is 0. The van der Waals surface area contributed by atoms with Crippen molar-refractivity contribution in [2.24, 2.45) is 0 Å². The van der Waals surface area contributed by atoms with Gasteiger partial charge in [0.1, 0.15) is 17.9 Å². The van der Waals surface area contributed by atoms with Gasteiger partial charge in [0.15, 0.2) is 0 Å². The number of nitrogens with one attached hydrogen (secondary N) is 1. The van der Waals surface area contributed by atoms with Gasteiger partial charge in [-0.1, -0.05) is 43.3 Å². The molecule has 1 aliphatic rings. The molecule has 0 aliphatic heterocycles. The van der Waals surface area contributed by atoms with Crippen molar-refractivity contribution in [1.82, 2.24) is 14.5 Å². The third-order valence-electron chi connectivity index (χ3n) is 6.94. The number of benzene rings is 3. The first-order valence-corrected chi connectivity index (χ1v) is 14.2. The highest BCUT2D eigenvalue weighted by Crippen LogP contribution is 2.37. The Hall–Kier alpha value is -4.17. The van der Waals surface area contributed by atoms with Crippen molar-refractivity contribution in [3.63, 3.8) is 0 Å². The van der Waals surface area contributed by atoms with Crippen LogP contribution in [0.1, 0.15) is 25.5 Å². The van der Waals surface area contributed by atoms with E-state index >= 15 is 0 Å². The number of nitrogens with zero attached hydrogens (tertiary/aromatic N) is 3. The lowest BCUT2D eigenvalue weighted by Crippen LogP contribution is -2.17. The summed E-state index contributed by atoms with van der Waals surface area (Å²) in [5.74, 6) is 1.59. The number of hydrogen-bond donors (Lipinski definition) is 1. The second-order valence-electron chi connectivity index (χ2n) is 9.52. The number of methoxy groups -OCH3 is 1. The number of hydrogen-bond acceptors (Lipinski definition) is 5. The van der Waals surface area contributed by atoms with Gasteiger partial charge in [-0.25, -0.2) is 18.4 Å². The summed E-state index contributed by atoms with van der Waals surface area (Å²) in [5, 5.41) is 0.760. The lowest BCUT2D eigenvalue weighted by molar-refractivity contribution is 0.415. The van der Waals surface area contributed by atoms with Crippen LogP contribution in [-0.2, 0) is 16.4 Å². The van der Waals surface area contributed by atoms with Gasteiger partial charge in [0.05, 0.1) is 17.9 Å². The fourth-order valence-corrected chi connectivity index (χ4v) is 6.08. The molecule has 7 nitrogen and oxygen atoms in total. The highest BCUT2D eigenvalue weighted by molar-refractivity contribution is 7.93. The summed E-state index contributed by atoms with van der Waals surface area (Å²) in [6.07, 6.45) is 5.91. The molecule has 1 aliphatic carbocycles. The Labute approximate surface area is 222 Å². The second-order valence-corrected chi connectivity index (χ2v) is 11.5. The van der Waals surface area contributed by atoms with Crippen LogP contribution in [0.25, 0.3) is 39.0 Å². The van der Waals surface area contributed by atoms with E-state index in [2.05, 4.69) is 50.6 Å². The van der Waals surface area contributed by atoms with Crippen molar-refractivity contribution in [2.75, 3.05) is 11.8 Å². The van der Waals surface area contributed by atoms with Crippen molar-refractivity contribution >= 4 is 26.6 Å². The van der Waals surface area contributed by atoms with E-state index in [0.29, 0.717) is 5.69 Å². The maximum absolute atomic E-state index is 12.5. The molecule has 6 rings (SSSR count). The molecule has 8 heteroatoms. The molecular weight excluding hydrogens is 496 g/mol. The average molecular weight is 525 g/mol. The van der Waals surface area contributed by atoms with E-state index < -0.39 is 10.0 Å². The molecular formula is C30H28N4O3S. The predicted octanol–water partition coefficient (Wildman–Crippen LogP) is 6.23. The number of rotatable bonds is 8. The normalized spacial score (nSPS) is 13.5. The number of aryl methyl sites for hydroxylation is 1. The lowest BCUT2D eigenvalue weighted by atomic mass is 10.0. The summed E-state index contributed by atoms with van der Waals surface area (Å²) in [6.45, 7) is 2.07. The standard InChI is InChI=1S/C30H28N4O3S/c1-3-23-17-30(32-19-31-23)34-18-28(22-5-4-6-24(15-22)33-38(35,36)26-12-13-26)27-14-9-21(16-29(27)34)20-7-10-25(37-2)11-8-20/h4-11,14-19,26,33H,3,12-13H2,1-2H3. The fourth-order valence-electron chi connectivity index (χ4n) is 4.70. The molecule has 2 aromatic heterocycles.